The van der Waals surface area contributed by atoms with E-state index in [4.69, 9.17) is 19.3 Å². The molecule has 7 heteroatoms. The Labute approximate surface area is 173 Å². The summed E-state index contributed by atoms with van der Waals surface area (Å²) >= 11 is 0. The van der Waals surface area contributed by atoms with Gasteiger partial charge in [-0.15, -0.1) is 0 Å². The summed E-state index contributed by atoms with van der Waals surface area (Å²) in [5, 5.41) is 12.6. The molecule has 2 fully saturated rings. The lowest BCUT2D eigenvalue weighted by Gasteiger charge is -2.30. The molecule has 7 nitrogen and oxygen atoms in total. The third-order valence-electron chi connectivity index (χ3n) is 5.75. The van der Waals surface area contributed by atoms with E-state index >= 15 is 0 Å². The molecule has 1 unspecified atom stereocenters. The van der Waals surface area contributed by atoms with Crippen LogP contribution in [0.15, 0.2) is 18.2 Å². The standard InChI is InChI=1S/C22H34N2O5/c1-22(2)28-15-19(29-22)6-4-5-17-8-7-16(13-20(17)27-3)14-23-18-9-11-24(12-10-18)21(25)26/h7-8,13,18-19,23H,4-6,9-12,14-15H2,1-3H3,(H,25,26). The molecule has 2 saturated heterocycles. The summed E-state index contributed by atoms with van der Waals surface area (Å²) in [6.07, 6.45) is 4.01. The quantitative estimate of drug-likeness (QED) is 0.689. The van der Waals surface area contributed by atoms with Crippen molar-refractivity contribution < 1.29 is 24.1 Å². The van der Waals surface area contributed by atoms with Crippen LogP contribution in [0.25, 0.3) is 0 Å². The number of methoxy groups -OCH3 is 1. The molecule has 2 aliphatic heterocycles. The monoisotopic (exact) mass is 406 g/mol. The summed E-state index contributed by atoms with van der Waals surface area (Å²) in [5.74, 6) is 0.468. The van der Waals surface area contributed by atoms with Gasteiger partial charge >= 0.3 is 6.09 Å². The van der Waals surface area contributed by atoms with Crippen molar-refractivity contribution in [3.05, 3.63) is 29.3 Å². The van der Waals surface area contributed by atoms with Crippen LogP contribution in [-0.4, -0.2) is 60.8 Å². The Hall–Kier alpha value is -1.83. The third kappa shape index (κ3) is 6.32. The van der Waals surface area contributed by atoms with E-state index in [1.807, 2.05) is 13.8 Å². The second-order valence-electron chi connectivity index (χ2n) is 8.41. The first-order chi connectivity index (χ1) is 13.9. The molecule has 2 aliphatic rings. The SMILES string of the molecule is COc1cc(CNC2CCN(C(=O)O)CC2)ccc1CCCC1COC(C)(C)O1. The Kier molecular flexibility index (Phi) is 7.38. The van der Waals surface area contributed by atoms with E-state index in [2.05, 4.69) is 23.5 Å². The molecule has 0 aliphatic carbocycles. The van der Waals surface area contributed by atoms with Gasteiger partial charge in [0.15, 0.2) is 5.79 Å². The zero-order valence-electron chi connectivity index (χ0n) is 17.8. The molecule has 3 rings (SSSR count). The van der Waals surface area contributed by atoms with Gasteiger partial charge in [0.2, 0.25) is 0 Å². The lowest BCUT2D eigenvalue weighted by Crippen LogP contribution is -2.44. The topological polar surface area (TPSA) is 80.3 Å². The van der Waals surface area contributed by atoms with Gasteiger partial charge < -0.3 is 29.5 Å². The highest BCUT2D eigenvalue weighted by molar-refractivity contribution is 5.65. The number of rotatable bonds is 8. The van der Waals surface area contributed by atoms with Crippen LogP contribution in [-0.2, 0) is 22.4 Å². The molecule has 29 heavy (non-hydrogen) atoms. The Bertz CT molecular complexity index is 686. The van der Waals surface area contributed by atoms with Gasteiger partial charge in [0, 0.05) is 25.7 Å². The van der Waals surface area contributed by atoms with Crippen molar-refractivity contribution in [2.75, 3.05) is 26.8 Å². The van der Waals surface area contributed by atoms with Crippen LogP contribution in [0.5, 0.6) is 5.75 Å². The molecule has 1 atom stereocenters. The van der Waals surface area contributed by atoms with Gasteiger partial charge in [-0.1, -0.05) is 12.1 Å². The molecule has 1 amide bonds. The summed E-state index contributed by atoms with van der Waals surface area (Å²) < 4.78 is 17.1. The molecule has 2 N–H and O–H groups in total. The van der Waals surface area contributed by atoms with Crippen molar-refractivity contribution in [2.24, 2.45) is 0 Å². The number of nitrogens with zero attached hydrogens (tertiary/aromatic N) is 1. The lowest BCUT2D eigenvalue weighted by atomic mass is 10.0. The molecule has 0 aromatic heterocycles. The van der Waals surface area contributed by atoms with Crippen molar-refractivity contribution >= 4 is 6.09 Å². The van der Waals surface area contributed by atoms with Crippen LogP contribution < -0.4 is 10.1 Å². The average molecular weight is 407 g/mol. The average Bonchev–Trinajstić information content (AvgIpc) is 3.05. The van der Waals surface area contributed by atoms with Gasteiger partial charge in [-0.05, 0) is 63.1 Å². The lowest BCUT2D eigenvalue weighted by molar-refractivity contribution is -0.139. The first-order valence-electron chi connectivity index (χ1n) is 10.5. The fourth-order valence-electron chi connectivity index (χ4n) is 4.07. The maximum absolute atomic E-state index is 11.0. The van der Waals surface area contributed by atoms with Crippen molar-refractivity contribution in [1.29, 1.82) is 0 Å². The van der Waals surface area contributed by atoms with Gasteiger partial charge in [-0.2, -0.15) is 0 Å². The van der Waals surface area contributed by atoms with Crippen LogP contribution in [0.2, 0.25) is 0 Å². The van der Waals surface area contributed by atoms with Crippen molar-refractivity contribution in [1.82, 2.24) is 10.2 Å². The highest BCUT2D eigenvalue weighted by Crippen LogP contribution is 2.27. The number of carboxylic acid groups (broad SMARTS) is 1. The molecule has 1 aromatic carbocycles. The minimum atomic E-state index is -0.820. The second kappa shape index (κ2) is 9.78. The van der Waals surface area contributed by atoms with E-state index in [1.165, 1.54) is 16.0 Å². The fourth-order valence-corrected chi connectivity index (χ4v) is 4.07. The second-order valence-corrected chi connectivity index (χ2v) is 8.41. The molecular weight excluding hydrogens is 372 g/mol. The fraction of sp³-hybridized carbons (Fsp3) is 0.682. The number of hydrogen-bond donors (Lipinski definition) is 2. The predicted octanol–water partition coefficient (Wildman–Crippen LogP) is 3.40. The van der Waals surface area contributed by atoms with Crippen molar-refractivity contribution in [3.63, 3.8) is 0 Å². The minimum absolute atomic E-state index is 0.173. The summed E-state index contributed by atoms with van der Waals surface area (Å²) in [6.45, 7) is 6.54. The Balaban J connectivity index is 1.44. The molecule has 0 saturated carbocycles. The van der Waals surface area contributed by atoms with Crippen LogP contribution >= 0.6 is 0 Å². The van der Waals surface area contributed by atoms with E-state index in [0.29, 0.717) is 25.7 Å². The smallest absolute Gasteiger partial charge is 0.407 e. The van der Waals surface area contributed by atoms with E-state index in [0.717, 1.165) is 44.4 Å². The molecule has 0 spiro atoms. The van der Waals surface area contributed by atoms with Crippen LogP contribution in [0.1, 0.15) is 50.7 Å². The van der Waals surface area contributed by atoms with Crippen molar-refractivity contribution in [2.45, 2.75) is 70.4 Å². The summed E-state index contributed by atoms with van der Waals surface area (Å²) in [4.78, 5) is 12.5. The number of hydrogen-bond acceptors (Lipinski definition) is 5. The number of piperidine rings is 1. The van der Waals surface area contributed by atoms with E-state index < -0.39 is 11.9 Å². The maximum atomic E-state index is 11.0. The van der Waals surface area contributed by atoms with Crippen molar-refractivity contribution in [3.8, 4) is 5.75 Å². The van der Waals surface area contributed by atoms with Crippen LogP contribution in [0.4, 0.5) is 4.79 Å². The highest BCUT2D eigenvalue weighted by atomic mass is 16.7. The van der Waals surface area contributed by atoms with Gasteiger partial charge in [0.05, 0.1) is 19.8 Å². The first kappa shape index (κ1) is 21.9. The normalized spacial score (nSPS) is 22.0. The summed E-state index contributed by atoms with van der Waals surface area (Å²) in [5.41, 5.74) is 2.39. The Morgan fingerprint density at radius 2 is 2.10 bits per heavy atom. The largest absolute Gasteiger partial charge is 0.496 e. The number of benzene rings is 1. The Morgan fingerprint density at radius 3 is 2.72 bits per heavy atom. The third-order valence-corrected chi connectivity index (χ3v) is 5.75. The van der Waals surface area contributed by atoms with Gasteiger partial charge in [0.1, 0.15) is 5.75 Å². The highest BCUT2D eigenvalue weighted by Gasteiger charge is 2.32. The summed E-state index contributed by atoms with van der Waals surface area (Å²) in [6, 6.07) is 6.76. The number of likely N-dealkylation sites (tertiary alicyclic amines) is 1. The predicted molar refractivity (Wildman–Crippen MR) is 110 cm³/mol. The molecule has 2 heterocycles. The molecule has 1 aromatic rings. The van der Waals surface area contributed by atoms with E-state index in [-0.39, 0.29) is 6.10 Å². The molecule has 0 radical (unpaired) electrons. The van der Waals surface area contributed by atoms with Gasteiger partial charge in [-0.3, -0.25) is 0 Å². The van der Waals surface area contributed by atoms with E-state index in [1.54, 1.807) is 7.11 Å². The summed E-state index contributed by atoms with van der Waals surface area (Å²) in [7, 11) is 1.72. The van der Waals surface area contributed by atoms with E-state index in [9.17, 15) is 4.79 Å². The Morgan fingerprint density at radius 1 is 1.34 bits per heavy atom. The number of aryl methyl sites for hydroxylation is 1. The number of ether oxygens (including phenoxy) is 3. The number of amides is 1. The number of nitrogens with one attached hydrogen (secondary N) is 1. The molecule has 0 bridgehead atoms. The van der Waals surface area contributed by atoms with Gasteiger partial charge in [-0.25, -0.2) is 4.79 Å². The van der Waals surface area contributed by atoms with Crippen LogP contribution in [0.3, 0.4) is 0 Å². The molecular formula is C22H34N2O5. The zero-order valence-corrected chi connectivity index (χ0v) is 17.8. The minimum Gasteiger partial charge on any atom is -0.496 e. The van der Waals surface area contributed by atoms with Crippen LogP contribution in [0, 0.1) is 0 Å². The first-order valence-corrected chi connectivity index (χ1v) is 10.5. The zero-order chi connectivity index (χ0) is 20.9. The number of carbonyl (C=O) groups is 1. The maximum Gasteiger partial charge on any atom is 0.407 e. The molecule has 162 valence electrons. The van der Waals surface area contributed by atoms with Gasteiger partial charge in [0.25, 0.3) is 0 Å².